The van der Waals surface area contributed by atoms with E-state index < -0.39 is 21.9 Å². The molecule has 10 nitrogen and oxygen atoms in total. The van der Waals surface area contributed by atoms with E-state index in [1.54, 1.807) is 11.6 Å². The van der Waals surface area contributed by atoms with Gasteiger partial charge < -0.3 is 9.84 Å². The van der Waals surface area contributed by atoms with Crippen LogP contribution in [-0.4, -0.2) is 76.5 Å². The molecule has 182 valence electrons. The number of rotatable bonds is 5. The lowest BCUT2D eigenvalue weighted by molar-refractivity contribution is 0.0334. The summed E-state index contributed by atoms with van der Waals surface area (Å²) in [7, 11) is -3.67. The maximum atomic E-state index is 13.6. The van der Waals surface area contributed by atoms with Crippen molar-refractivity contribution in [3.8, 4) is 22.1 Å². The monoisotopic (exact) mass is 574 g/mol. The molecule has 1 aliphatic rings. The van der Waals surface area contributed by atoms with Gasteiger partial charge in [-0.2, -0.15) is 8.42 Å². The summed E-state index contributed by atoms with van der Waals surface area (Å²) in [6, 6.07) is 4.07. The van der Waals surface area contributed by atoms with Crippen LogP contribution in [0.25, 0.3) is 22.1 Å². The lowest BCUT2D eigenvalue weighted by Crippen LogP contribution is -2.36. The molecule has 1 fully saturated rings. The standard InChI is InChI=1S/C19H16BrFN4O3S.CH4O3S/c20-13-9-11(21)1-2-12(13)16-15(19(26)27)14(10-25-4-6-28-7-5-25)23-17(24-16)18-22-3-8-29-18;1-5(2,3)4/h1-3,8-9H,4-7,10H2,(H,26,27);1H3,(H,2,3,4). The number of thiazole rings is 1. The van der Waals surface area contributed by atoms with Crippen LogP contribution in [0.15, 0.2) is 34.2 Å². The van der Waals surface area contributed by atoms with Crippen LogP contribution in [0.2, 0.25) is 0 Å². The van der Waals surface area contributed by atoms with Gasteiger partial charge in [0.05, 0.1) is 30.9 Å². The normalized spacial score (nSPS) is 14.4. The zero-order valence-electron chi connectivity index (χ0n) is 17.8. The number of aromatic nitrogens is 3. The summed E-state index contributed by atoms with van der Waals surface area (Å²) < 4.78 is 45.3. The molecule has 0 atom stereocenters. The molecule has 14 heteroatoms. The largest absolute Gasteiger partial charge is 0.478 e. The molecular formula is C20H20BrFN4O6S2. The first kappa shape index (κ1) is 26.2. The molecule has 3 aromatic rings. The van der Waals surface area contributed by atoms with Gasteiger partial charge in [-0.15, -0.1) is 11.3 Å². The summed E-state index contributed by atoms with van der Waals surface area (Å²) in [6.45, 7) is 2.89. The number of nitrogens with zero attached hydrogens (tertiary/aromatic N) is 4. The van der Waals surface area contributed by atoms with E-state index in [-0.39, 0.29) is 11.3 Å². The average Bonchev–Trinajstić information content (AvgIpc) is 3.27. The first-order valence-electron chi connectivity index (χ1n) is 9.75. The first-order valence-corrected chi connectivity index (χ1v) is 13.3. The van der Waals surface area contributed by atoms with Crippen molar-refractivity contribution in [1.82, 2.24) is 19.9 Å². The first-order chi connectivity index (χ1) is 16.0. The van der Waals surface area contributed by atoms with Crippen LogP contribution in [0, 0.1) is 5.82 Å². The third-order valence-corrected chi connectivity index (χ3v) is 5.91. The van der Waals surface area contributed by atoms with Crippen LogP contribution >= 0.6 is 27.3 Å². The van der Waals surface area contributed by atoms with E-state index in [4.69, 9.17) is 9.29 Å². The topological polar surface area (TPSA) is 143 Å². The second-order valence-corrected chi connectivity index (χ2v) is 10.3. The van der Waals surface area contributed by atoms with Crippen molar-refractivity contribution in [2.45, 2.75) is 6.54 Å². The van der Waals surface area contributed by atoms with Crippen LogP contribution < -0.4 is 0 Å². The molecular weight excluding hydrogens is 555 g/mol. The molecule has 2 N–H and O–H groups in total. The highest BCUT2D eigenvalue weighted by atomic mass is 79.9. The Balaban J connectivity index is 0.000000588. The Labute approximate surface area is 207 Å². The number of carboxylic acid groups (broad SMARTS) is 1. The fourth-order valence-corrected chi connectivity index (χ4v) is 4.23. The summed E-state index contributed by atoms with van der Waals surface area (Å²) in [6.07, 6.45) is 2.36. The maximum Gasteiger partial charge on any atom is 0.339 e. The predicted octanol–water partition coefficient (Wildman–Crippen LogP) is 3.20. The third-order valence-electron chi connectivity index (χ3n) is 4.48. The van der Waals surface area contributed by atoms with E-state index >= 15 is 0 Å². The highest BCUT2D eigenvalue weighted by molar-refractivity contribution is 9.10. The highest BCUT2D eigenvalue weighted by Gasteiger charge is 2.26. The Bertz CT molecular complexity index is 1260. The molecule has 0 aliphatic carbocycles. The number of benzene rings is 1. The van der Waals surface area contributed by atoms with Gasteiger partial charge >= 0.3 is 5.97 Å². The van der Waals surface area contributed by atoms with Crippen molar-refractivity contribution in [1.29, 1.82) is 0 Å². The quantitative estimate of drug-likeness (QED) is 0.436. The summed E-state index contributed by atoms with van der Waals surface area (Å²) in [4.78, 5) is 27.6. The fraction of sp³-hybridized carbons (Fsp3) is 0.300. The molecule has 0 bridgehead atoms. The molecule has 2 aromatic heterocycles. The van der Waals surface area contributed by atoms with Crippen molar-refractivity contribution in [3.05, 3.63) is 51.3 Å². The van der Waals surface area contributed by atoms with E-state index in [2.05, 4.69) is 35.8 Å². The fourth-order valence-electron chi connectivity index (χ4n) is 3.12. The van der Waals surface area contributed by atoms with Crippen LogP contribution in [0.4, 0.5) is 4.39 Å². The number of carboxylic acids is 1. The lowest BCUT2D eigenvalue weighted by Gasteiger charge is -2.27. The molecule has 0 radical (unpaired) electrons. The van der Waals surface area contributed by atoms with Crippen LogP contribution in [0.1, 0.15) is 16.1 Å². The summed E-state index contributed by atoms with van der Waals surface area (Å²) >= 11 is 4.70. The van der Waals surface area contributed by atoms with Gasteiger partial charge in [-0.25, -0.2) is 24.1 Å². The molecule has 4 rings (SSSR count). The van der Waals surface area contributed by atoms with E-state index in [1.807, 2.05) is 0 Å². The second kappa shape index (κ2) is 11.4. The molecule has 0 unspecified atom stereocenters. The predicted molar refractivity (Wildman–Crippen MR) is 127 cm³/mol. The minimum atomic E-state index is -3.67. The Hall–Kier alpha value is -2.36. The van der Waals surface area contributed by atoms with Crippen molar-refractivity contribution < 1.29 is 32.0 Å². The minimum absolute atomic E-state index is 0.00380. The Morgan fingerprint density at radius 3 is 2.53 bits per heavy atom. The Morgan fingerprint density at radius 1 is 1.29 bits per heavy atom. The molecule has 3 heterocycles. The van der Waals surface area contributed by atoms with E-state index in [1.165, 1.54) is 29.5 Å². The maximum absolute atomic E-state index is 13.6. The number of ether oxygens (including phenoxy) is 1. The second-order valence-electron chi connectivity index (χ2n) is 7.11. The number of hydrogen-bond donors (Lipinski definition) is 2. The van der Waals surface area contributed by atoms with Gasteiger partial charge in [0.25, 0.3) is 10.1 Å². The van der Waals surface area contributed by atoms with Crippen molar-refractivity contribution >= 4 is 43.4 Å². The Kier molecular flexibility index (Phi) is 8.78. The van der Waals surface area contributed by atoms with Gasteiger partial charge in [0.2, 0.25) is 0 Å². The molecule has 0 amide bonds. The number of carbonyl (C=O) groups is 1. The van der Waals surface area contributed by atoms with Gasteiger partial charge in [-0.05, 0) is 34.1 Å². The molecule has 0 spiro atoms. The summed E-state index contributed by atoms with van der Waals surface area (Å²) in [5, 5.41) is 12.4. The van der Waals surface area contributed by atoms with Crippen LogP contribution in [0.5, 0.6) is 0 Å². The lowest BCUT2D eigenvalue weighted by atomic mass is 10.0. The highest BCUT2D eigenvalue weighted by Crippen LogP contribution is 2.33. The van der Waals surface area contributed by atoms with Gasteiger partial charge in [-0.3, -0.25) is 9.45 Å². The van der Waals surface area contributed by atoms with Crippen LogP contribution in [-0.2, 0) is 21.4 Å². The molecule has 1 aliphatic heterocycles. The smallest absolute Gasteiger partial charge is 0.339 e. The average molecular weight is 575 g/mol. The van der Waals surface area contributed by atoms with Crippen LogP contribution in [0.3, 0.4) is 0 Å². The molecule has 0 saturated carbocycles. The van der Waals surface area contributed by atoms with Crippen molar-refractivity contribution in [2.24, 2.45) is 0 Å². The van der Waals surface area contributed by atoms with Crippen molar-refractivity contribution in [3.63, 3.8) is 0 Å². The van der Waals surface area contributed by atoms with E-state index in [0.717, 1.165) is 0 Å². The number of halogens is 2. The molecule has 34 heavy (non-hydrogen) atoms. The molecule has 1 saturated heterocycles. The zero-order chi connectivity index (χ0) is 24.9. The summed E-state index contributed by atoms with van der Waals surface area (Å²) in [5.41, 5.74) is 1.11. The van der Waals surface area contributed by atoms with E-state index in [0.29, 0.717) is 65.7 Å². The van der Waals surface area contributed by atoms with E-state index in [9.17, 15) is 22.7 Å². The van der Waals surface area contributed by atoms with Gasteiger partial charge in [0, 0.05) is 41.2 Å². The number of hydrogen-bond acceptors (Lipinski definition) is 9. The molecule has 1 aromatic carbocycles. The summed E-state index contributed by atoms with van der Waals surface area (Å²) in [5.74, 6) is -1.22. The van der Waals surface area contributed by atoms with Crippen molar-refractivity contribution in [2.75, 3.05) is 32.6 Å². The van der Waals surface area contributed by atoms with Gasteiger partial charge in [0.15, 0.2) is 10.8 Å². The zero-order valence-corrected chi connectivity index (χ0v) is 21.0. The minimum Gasteiger partial charge on any atom is -0.478 e. The van der Waals surface area contributed by atoms with Gasteiger partial charge in [0.1, 0.15) is 11.4 Å². The number of aromatic carboxylic acids is 1. The Morgan fingerprint density at radius 2 is 1.97 bits per heavy atom. The number of morpholine rings is 1. The SMILES string of the molecule is CS(=O)(=O)O.O=C(O)c1c(CN2CCOCC2)nc(-c2nccs2)nc1-c1ccc(F)cc1Br. The van der Waals surface area contributed by atoms with Gasteiger partial charge in [-0.1, -0.05) is 0 Å². The third kappa shape index (κ3) is 7.32.